The molecule has 0 saturated carbocycles. The molecule has 27 heavy (non-hydrogen) atoms. The molecule has 0 radical (unpaired) electrons. The van der Waals surface area contributed by atoms with E-state index in [2.05, 4.69) is 15.5 Å². The number of benzene rings is 1. The van der Waals surface area contributed by atoms with E-state index >= 15 is 0 Å². The zero-order valence-electron chi connectivity index (χ0n) is 14.1. The highest BCUT2D eigenvalue weighted by molar-refractivity contribution is 6.30. The summed E-state index contributed by atoms with van der Waals surface area (Å²) in [6.45, 7) is 0. The first-order valence-corrected chi connectivity index (χ1v) is 8.51. The molecule has 2 heterocycles. The third kappa shape index (κ3) is 5.18. The summed E-state index contributed by atoms with van der Waals surface area (Å²) in [5.41, 5.74) is 1.30. The number of carboxylic acids is 1. The van der Waals surface area contributed by atoms with Crippen LogP contribution in [0.3, 0.4) is 0 Å². The van der Waals surface area contributed by atoms with Gasteiger partial charge in [0.1, 0.15) is 6.26 Å². The summed E-state index contributed by atoms with van der Waals surface area (Å²) in [5, 5.41) is 16.1. The average Bonchev–Trinajstić information content (AvgIpc) is 3.30. The summed E-state index contributed by atoms with van der Waals surface area (Å²) in [6.07, 6.45) is 3.03. The Morgan fingerprint density at radius 1 is 1.30 bits per heavy atom. The van der Waals surface area contributed by atoms with Crippen molar-refractivity contribution >= 4 is 23.5 Å². The maximum Gasteiger partial charge on any atom is 0.305 e. The Balaban J connectivity index is 1.60. The average molecular weight is 390 g/mol. The van der Waals surface area contributed by atoms with Crippen molar-refractivity contribution in [1.82, 2.24) is 15.5 Å². The summed E-state index contributed by atoms with van der Waals surface area (Å²) < 4.78 is 10.1. The van der Waals surface area contributed by atoms with Crippen LogP contribution in [0.15, 0.2) is 51.8 Å². The number of nitrogens with one attached hydrogen (secondary N) is 1. The Hall–Kier alpha value is -3.13. The van der Waals surface area contributed by atoms with Gasteiger partial charge in [-0.25, -0.2) is 0 Å². The Bertz CT molecular complexity index is 923. The van der Waals surface area contributed by atoms with E-state index < -0.39 is 12.0 Å². The largest absolute Gasteiger partial charge is 0.481 e. The van der Waals surface area contributed by atoms with E-state index in [-0.39, 0.29) is 25.2 Å². The highest BCUT2D eigenvalue weighted by Crippen LogP contribution is 2.21. The molecule has 1 aromatic carbocycles. The lowest BCUT2D eigenvalue weighted by Gasteiger charge is -2.17. The van der Waals surface area contributed by atoms with Crippen LogP contribution in [0.2, 0.25) is 5.02 Å². The molecule has 0 aliphatic carbocycles. The van der Waals surface area contributed by atoms with Crippen molar-refractivity contribution in [2.45, 2.75) is 25.3 Å². The van der Waals surface area contributed by atoms with Crippen molar-refractivity contribution in [3.8, 4) is 11.4 Å². The van der Waals surface area contributed by atoms with Crippen molar-refractivity contribution in [2.75, 3.05) is 0 Å². The smallest absolute Gasteiger partial charge is 0.305 e. The quantitative estimate of drug-likeness (QED) is 0.606. The predicted octanol–water partition coefficient (Wildman–Crippen LogP) is 3.25. The molecule has 0 saturated heterocycles. The zero-order chi connectivity index (χ0) is 19.2. The van der Waals surface area contributed by atoms with E-state index in [0.29, 0.717) is 27.9 Å². The van der Waals surface area contributed by atoms with Gasteiger partial charge < -0.3 is 19.4 Å². The fraction of sp³-hybridized carbons (Fsp3) is 0.222. The van der Waals surface area contributed by atoms with Gasteiger partial charge in [-0.05, 0) is 23.8 Å². The van der Waals surface area contributed by atoms with Gasteiger partial charge in [-0.3, -0.25) is 9.59 Å². The molecule has 2 aromatic heterocycles. The molecule has 9 heteroatoms. The van der Waals surface area contributed by atoms with Crippen LogP contribution in [0.25, 0.3) is 11.4 Å². The van der Waals surface area contributed by atoms with Gasteiger partial charge in [-0.2, -0.15) is 4.98 Å². The highest BCUT2D eigenvalue weighted by Gasteiger charge is 2.19. The molecule has 0 aliphatic heterocycles. The fourth-order valence-corrected chi connectivity index (χ4v) is 2.70. The molecule has 1 unspecified atom stereocenters. The predicted molar refractivity (Wildman–Crippen MR) is 94.9 cm³/mol. The lowest BCUT2D eigenvalue weighted by molar-refractivity contribution is -0.137. The van der Waals surface area contributed by atoms with Crippen LogP contribution < -0.4 is 5.32 Å². The fourth-order valence-electron chi connectivity index (χ4n) is 2.50. The number of aryl methyl sites for hydroxylation is 1. The number of rotatable bonds is 8. The summed E-state index contributed by atoms with van der Waals surface area (Å²) in [5.74, 6) is -0.674. The third-order valence-corrected chi connectivity index (χ3v) is 4.01. The lowest BCUT2D eigenvalue weighted by atomic mass is 10.0. The number of aromatic nitrogens is 2. The maximum absolute atomic E-state index is 12.3. The summed E-state index contributed by atoms with van der Waals surface area (Å²) in [4.78, 5) is 27.6. The first kappa shape index (κ1) is 18.7. The zero-order valence-corrected chi connectivity index (χ0v) is 14.8. The van der Waals surface area contributed by atoms with E-state index in [0.717, 1.165) is 0 Å². The number of carbonyl (C=O) groups excluding carboxylic acids is 1. The molecule has 0 fully saturated rings. The third-order valence-electron chi connectivity index (χ3n) is 3.78. The van der Waals surface area contributed by atoms with Crippen molar-refractivity contribution in [3.05, 3.63) is 59.3 Å². The molecule has 8 nitrogen and oxygen atoms in total. The number of nitrogens with zero attached hydrogens (tertiary/aromatic N) is 2. The number of halogens is 1. The molecule has 0 spiro atoms. The molecule has 0 aliphatic rings. The lowest BCUT2D eigenvalue weighted by Crippen LogP contribution is -2.30. The van der Waals surface area contributed by atoms with E-state index in [1.165, 1.54) is 12.5 Å². The molecule has 0 bridgehead atoms. The highest BCUT2D eigenvalue weighted by atomic mass is 35.5. The van der Waals surface area contributed by atoms with Crippen molar-refractivity contribution < 1.29 is 23.6 Å². The van der Waals surface area contributed by atoms with Crippen LogP contribution in [0.5, 0.6) is 0 Å². The molecule has 2 N–H and O–H groups in total. The van der Waals surface area contributed by atoms with Gasteiger partial charge >= 0.3 is 5.97 Å². The van der Waals surface area contributed by atoms with Crippen molar-refractivity contribution in [1.29, 1.82) is 0 Å². The molecule has 1 amide bonds. The van der Waals surface area contributed by atoms with Crippen LogP contribution in [0.1, 0.15) is 30.3 Å². The topological polar surface area (TPSA) is 118 Å². The maximum atomic E-state index is 12.3. The van der Waals surface area contributed by atoms with Crippen LogP contribution in [0, 0.1) is 0 Å². The molecule has 3 aromatic rings. The van der Waals surface area contributed by atoms with Gasteiger partial charge in [-0.15, -0.1) is 0 Å². The molecule has 1 atom stereocenters. The summed E-state index contributed by atoms with van der Waals surface area (Å²) in [7, 11) is 0. The number of hydrogen-bond donors (Lipinski definition) is 2. The Morgan fingerprint density at radius 2 is 2.15 bits per heavy atom. The van der Waals surface area contributed by atoms with Gasteiger partial charge in [0, 0.05) is 17.9 Å². The summed E-state index contributed by atoms with van der Waals surface area (Å²) >= 11 is 5.95. The Labute approximate surface area is 159 Å². The Morgan fingerprint density at radius 3 is 2.85 bits per heavy atom. The van der Waals surface area contributed by atoms with E-state index in [9.17, 15) is 9.59 Å². The molecule has 3 rings (SSSR count). The Kier molecular flexibility index (Phi) is 5.87. The van der Waals surface area contributed by atoms with Crippen LogP contribution in [-0.2, 0) is 16.0 Å². The SMILES string of the molecule is O=C(O)CC(NC(=O)CCc1nc(-c2ccoc2)no1)c1cccc(Cl)c1. The van der Waals surface area contributed by atoms with Crippen molar-refractivity contribution in [2.24, 2.45) is 0 Å². The first-order valence-electron chi connectivity index (χ1n) is 8.13. The minimum Gasteiger partial charge on any atom is -0.481 e. The number of furan rings is 1. The molecular formula is C18H16ClN3O5. The second kappa shape index (κ2) is 8.50. The number of carbonyl (C=O) groups is 2. The second-order valence-electron chi connectivity index (χ2n) is 5.80. The van der Waals surface area contributed by atoms with E-state index in [1.54, 1.807) is 30.3 Å². The summed E-state index contributed by atoms with van der Waals surface area (Å²) in [6, 6.07) is 7.74. The van der Waals surface area contributed by atoms with Crippen LogP contribution in [0.4, 0.5) is 0 Å². The van der Waals surface area contributed by atoms with Gasteiger partial charge in [-0.1, -0.05) is 28.9 Å². The van der Waals surface area contributed by atoms with E-state index in [1.807, 2.05) is 0 Å². The van der Waals surface area contributed by atoms with Gasteiger partial charge in [0.15, 0.2) is 0 Å². The van der Waals surface area contributed by atoms with Gasteiger partial charge in [0.25, 0.3) is 0 Å². The van der Waals surface area contributed by atoms with E-state index in [4.69, 9.17) is 25.6 Å². The minimum absolute atomic E-state index is 0.0731. The second-order valence-corrected chi connectivity index (χ2v) is 6.23. The molecule has 140 valence electrons. The number of carboxylic acid groups (broad SMARTS) is 1. The van der Waals surface area contributed by atoms with Crippen LogP contribution in [-0.4, -0.2) is 27.1 Å². The van der Waals surface area contributed by atoms with Crippen molar-refractivity contribution in [3.63, 3.8) is 0 Å². The number of amides is 1. The minimum atomic E-state index is -1.03. The standard InChI is InChI=1S/C18H16ClN3O5/c19-13-3-1-2-11(8-13)14(9-17(24)25)20-15(23)4-5-16-21-18(22-27-16)12-6-7-26-10-12/h1-3,6-8,10,14H,4-5,9H2,(H,20,23)(H,24,25). The van der Waals surface area contributed by atoms with Crippen LogP contribution >= 0.6 is 11.6 Å². The number of aliphatic carboxylic acids is 1. The number of hydrogen-bond acceptors (Lipinski definition) is 6. The normalized spacial score (nSPS) is 11.9. The molecular weight excluding hydrogens is 374 g/mol. The van der Waals surface area contributed by atoms with Gasteiger partial charge in [0.2, 0.25) is 17.6 Å². The van der Waals surface area contributed by atoms with Gasteiger partial charge in [0.05, 0.1) is 24.3 Å². The first-order chi connectivity index (χ1) is 13.0. The monoisotopic (exact) mass is 389 g/mol.